The summed E-state index contributed by atoms with van der Waals surface area (Å²) in [6.07, 6.45) is 3.19. The van der Waals surface area contributed by atoms with Gasteiger partial charge in [0.15, 0.2) is 5.65 Å². The molecule has 0 fully saturated rings. The number of carbonyl (C=O) groups excluding carboxylic acids is 1. The Kier molecular flexibility index (Phi) is 1.78. The Bertz CT molecular complexity index is 514. The Morgan fingerprint density at radius 1 is 1.57 bits per heavy atom. The minimum Gasteiger partial charge on any atom is -0.366 e. The van der Waals surface area contributed by atoms with Crippen LogP contribution < -0.4 is 5.73 Å². The van der Waals surface area contributed by atoms with E-state index in [-0.39, 0.29) is 5.57 Å². The largest absolute Gasteiger partial charge is 0.366 e. The average molecular weight is 188 g/mol. The lowest BCUT2D eigenvalue weighted by molar-refractivity contribution is -0.112. The maximum Gasteiger partial charge on any atom is 0.250 e. The SMILES string of the molecule is C=C(C(N)=O)c1cnc2[nH]ccc2n1. The fraction of sp³-hybridized carbons (Fsp3) is 0. The number of amides is 1. The Morgan fingerprint density at radius 3 is 3.07 bits per heavy atom. The van der Waals surface area contributed by atoms with Gasteiger partial charge in [-0.2, -0.15) is 0 Å². The van der Waals surface area contributed by atoms with Crippen molar-refractivity contribution < 1.29 is 4.79 Å². The van der Waals surface area contributed by atoms with Gasteiger partial charge < -0.3 is 10.7 Å². The van der Waals surface area contributed by atoms with E-state index in [2.05, 4.69) is 21.5 Å². The monoisotopic (exact) mass is 188 g/mol. The van der Waals surface area contributed by atoms with E-state index in [0.717, 1.165) is 0 Å². The summed E-state index contributed by atoms with van der Waals surface area (Å²) in [6.45, 7) is 3.53. The van der Waals surface area contributed by atoms with Crippen LogP contribution in [-0.2, 0) is 4.79 Å². The molecule has 0 aromatic carbocycles. The first-order chi connectivity index (χ1) is 6.68. The fourth-order valence-electron chi connectivity index (χ4n) is 1.10. The van der Waals surface area contributed by atoms with Gasteiger partial charge in [-0.05, 0) is 6.07 Å². The Hall–Kier alpha value is -2.17. The van der Waals surface area contributed by atoms with Crippen molar-refractivity contribution in [1.29, 1.82) is 0 Å². The molecule has 2 heterocycles. The summed E-state index contributed by atoms with van der Waals surface area (Å²) in [5.41, 5.74) is 7.00. The fourth-order valence-corrected chi connectivity index (χ4v) is 1.10. The van der Waals surface area contributed by atoms with Gasteiger partial charge in [0.05, 0.1) is 17.5 Å². The van der Waals surface area contributed by atoms with Gasteiger partial charge in [0.2, 0.25) is 5.91 Å². The molecule has 0 unspecified atom stereocenters. The second-order valence-corrected chi connectivity index (χ2v) is 2.81. The van der Waals surface area contributed by atoms with E-state index in [1.165, 1.54) is 6.20 Å². The molecule has 5 heteroatoms. The highest BCUT2D eigenvalue weighted by Gasteiger charge is 2.08. The zero-order chi connectivity index (χ0) is 10.1. The molecule has 0 aliphatic carbocycles. The third-order valence-electron chi connectivity index (χ3n) is 1.87. The molecule has 2 rings (SSSR count). The first-order valence-corrected chi connectivity index (χ1v) is 3.97. The minimum atomic E-state index is -0.589. The summed E-state index contributed by atoms with van der Waals surface area (Å²) in [6, 6.07) is 1.76. The number of nitrogens with one attached hydrogen (secondary N) is 1. The topological polar surface area (TPSA) is 84.7 Å². The van der Waals surface area contributed by atoms with Crippen molar-refractivity contribution in [2.75, 3.05) is 0 Å². The smallest absolute Gasteiger partial charge is 0.250 e. The van der Waals surface area contributed by atoms with Crippen molar-refractivity contribution in [3.05, 3.63) is 30.7 Å². The minimum absolute atomic E-state index is 0.167. The van der Waals surface area contributed by atoms with Gasteiger partial charge in [-0.1, -0.05) is 6.58 Å². The van der Waals surface area contributed by atoms with Crippen molar-refractivity contribution in [3.63, 3.8) is 0 Å². The highest BCUT2D eigenvalue weighted by Crippen LogP contribution is 2.12. The van der Waals surface area contributed by atoms with E-state index in [4.69, 9.17) is 5.73 Å². The number of primary amides is 1. The van der Waals surface area contributed by atoms with Crippen LogP contribution in [0.3, 0.4) is 0 Å². The molecule has 0 saturated carbocycles. The molecule has 0 aliphatic heterocycles. The van der Waals surface area contributed by atoms with Crippen LogP contribution in [0, 0.1) is 0 Å². The Labute approximate surface area is 79.7 Å². The summed E-state index contributed by atoms with van der Waals surface area (Å²) < 4.78 is 0. The second kappa shape index (κ2) is 2.95. The van der Waals surface area contributed by atoms with Crippen molar-refractivity contribution in [1.82, 2.24) is 15.0 Å². The average Bonchev–Trinajstić information content (AvgIpc) is 2.62. The van der Waals surface area contributed by atoms with Crippen LogP contribution in [0.15, 0.2) is 25.0 Å². The van der Waals surface area contributed by atoms with Crippen LogP contribution in [0.4, 0.5) is 0 Å². The van der Waals surface area contributed by atoms with E-state index < -0.39 is 5.91 Å². The number of aromatic nitrogens is 3. The van der Waals surface area contributed by atoms with E-state index in [0.29, 0.717) is 16.9 Å². The third-order valence-corrected chi connectivity index (χ3v) is 1.87. The molecule has 1 amide bonds. The lowest BCUT2D eigenvalue weighted by Crippen LogP contribution is -2.13. The molecule has 2 aromatic rings. The molecule has 0 saturated heterocycles. The number of aromatic amines is 1. The molecule has 0 aliphatic rings. The quantitative estimate of drug-likeness (QED) is 0.671. The maximum absolute atomic E-state index is 10.8. The van der Waals surface area contributed by atoms with Gasteiger partial charge in [0.25, 0.3) is 0 Å². The molecule has 0 bridgehead atoms. The molecule has 2 aromatic heterocycles. The first kappa shape index (κ1) is 8.43. The zero-order valence-corrected chi connectivity index (χ0v) is 7.32. The maximum atomic E-state index is 10.8. The number of H-pyrrole nitrogens is 1. The number of fused-ring (bicyclic) bond motifs is 1. The molecular formula is C9H8N4O. The van der Waals surface area contributed by atoms with E-state index >= 15 is 0 Å². The first-order valence-electron chi connectivity index (χ1n) is 3.97. The van der Waals surface area contributed by atoms with Crippen molar-refractivity contribution in [3.8, 4) is 0 Å². The lowest BCUT2D eigenvalue weighted by Gasteiger charge is -1.99. The Balaban J connectivity index is 2.54. The number of rotatable bonds is 2. The van der Waals surface area contributed by atoms with Gasteiger partial charge >= 0.3 is 0 Å². The molecule has 0 atom stereocenters. The van der Waals surface area contributed by atoms with E-state index in [1.54, 1.807) is 12.3 Å². The van der Waals surface area contributed by atoms with Crippen LogP contribution in [0.25, 0.3) is 16.7 Å². The predicted molar refractivity (Wildman–Crippen MR) is 52.1 cm³/mol. The van der Waals surface area contributed by atoms with Gasteiger partial charge in [0.1, 0.15) is 5.52 Å². The third kappa shape index (κ3) is 1.24. The number of hydrogen-bond acceptors (Lipinski definition) is 3. The standard InChI is InChI=1S/C9H8N4O/c1-5(8(10)14)7-4-12-9-6(13-7)2-3-11-9/h2-4H,1H2,(H2,10,14)(H,11,12). The van der Waals surface area contributed by atoms with Gasteiger partial charge in [-0.3, -0.25) is 4.79 Å². The van der Waals surface area contributed by atoms with Gasteiger partial charge in [-0.15, -0.1) is 0 Å². The summed E-state index contributed by atoms with van der Waals surface area (Å²) in [5.74, 6) is -0.589. The van der Waals surface area contributed by atoms with Crippen LogP contribution in [0.2, 0.25) is 0 Å². The molecule has 0 spiro atoms. The molecular weight excluding hydrogens is 180 g/mol. The summed E-state index contributed by atoms with van der Waals surface area (Å²) in [7, 11) is 0. The molecule has 5 nitrogen and oxygen atoms in total. The van der Waals surface area contributed by atoms with Crippen LogP contribution in [-0.4, -0.2) is 20.9 Å². The van der Waals surface area contributed by atoms with Crippen LogP contribution >= 0.6 is 0 Å². The van der Waals surface area contributed by atoms with Crippen molar-refractivity contribution >= 4 is 22.6 Å². The van der Waals surface area contributed by atoms with Crippen molar-refractivity contribution in [2.24, 2.45) is 5.73 Å². The number of carbonyl (C=O) groups is 1. The summed E-state index contributed by atoms with van der Waals surface area (Å²) in [5, 5.41) is 0. The molecule has 0 radical (unpaired) electrons. The zero-order valence-electron chi connectivity index (χ0n) is 7.32. The lowest BCUT2D eigenvalue weighted by atomic mass is 10.2. The van der Waals surface area contributed by atoms with Crippen molar-refractivity contribution in [2.45, 2.75) is 0 Å². The highest BCUT2D eigenvalue weighted by atomic mass is 16.1. The molecule has 70 valence electrons. The predicted octanol–water partition coefficient (Wildman–Crippen LogP) is 0.456. The molecule has 3 N–H and O–H groups in total. The van der Waals surface area contributed by atoms with Gasteiger partial charge in [-0.25, -0.2) is 9.97 Å². The Morgan fingerprint density at radius 2 is 2.36 bits per heavy atom. The van der Waals surface area contributed by atoms with Crippen LogP contribution in [0.5, 0.6) is 0 Å². The van der Waals surface area contributed by atoms with Gasteiger partial charge in [0, 0.05) is 6.20 Å². The summed E-state index contributed by atoms with van der Waals surface area (Å²) >= 11 is 0. The number of nitrogens with two attached hydrogens (primary N) is 1. The molecule has 14 heavy (non-hydrogen) atoms. The number of hydrogen-bond donors (Lipinski definition) is 2. The number of nitrogens with zero attached hydrogens (tertiary/aromatic N) is 2. The van der Waals surface area contributed by atoms with E-state index in [9.17, 15) is 4.79 Å². The summed E-state index contributed by atoms with van der Waals surface area (Å²) in [4.78, 5) is 21.9. The van der Waals surface area contributed by atoms with E-state index in [1.807, 2.05) is 0 Å². The normalized spacial score (nSPS) is 10.3. The highest BCUT2D eigenvalue weighted by molar-refractivity contribution is 6.17. The van der Waals surface area contributed by atoms with Crippen LogP contribution in [0.1, 0.15) is 5.69 Å². The second-order valence-electron chi connectivity index (χ2n) is 2.81.